The quantitative estimate of drug-likeness (QED) is 0.875. The van der Waals surface area contributed by atoms with Crippen molar-refractivity contribution in [2.75, 3.05) is 0 Å². The number of hydrogen-bond acceptors (Lipinski definition) is 4. The lowest BCUT2D eigenvalue weighted by Crippen LogP contribution is -2.09. The molecule has 0 fully saturated rings. The van der Waals surface area contributed by atoms with E-state index in [4.69, 9.17) is 9.52 Å². The summed E-state index contributed by atoms with van der Waals surface area (Å²) in [5, 5.41) is 8.83. The lowest BCUT2D eigenvalue weighted by Gasteiger charge is -2.05. The van der Waals surface area contributed by atoms with Crippen molar-refractivity contribution in [2.24, 2.45) is 0 Å². The second-order valence-corrected chi connectivity index (χ2v) is 5.85. The molecule has 2 aromatic rings. The smallest absolute Gasteiger partial charge is 0.339 e. The van der Waals surface area contributed by atoms with Crippen LogP contribution in [0.5, 0.6) is 0 Å². The van der Waals surface area contributed by atoms with Gasteiger partial charge in [0.2, 0.25) is 0 Å². The minimum atomic E-state index is -4.19. The molecule has 1 aromatic carbocycles. The number of benzene rings is 1. The highest BCUT2D eigenvalue weighted by atomic mass is 32.2. The van der Waals surface area contributed by atoms with Crippen molar-refractivity contribution in [1.82, 2.24) is 0 Å². The first-order valence-corrected chi connectivity index (χ1v) is 6.94. The summed E-state index contributed by atoms with van der Waals surface area (Å²) in [5.41, 5.74) is -0.323. The van der Waals surface area contributed by atoms with Crippen LogP contribution in [-0.4, -0.2) is 19.5 Å². The number of furan rings is 1. The Bertz CT molecular complexity index is 764. The monoisotopic (exact) mass is 302 g/mol. The standard InChI is InChI=1S/C12H8F2O5S/c13-7-1-2-11(9(14)5-7)20(17,18)6-10-8(12(15)16)3-4-19-10/h1-5H,6H2,(H,15,16). The molecule has 0 spiro atoms. The van der Waals surface area contributed by atoms with Gasteiger partial charge in [0.15, 0.2) is 9.84 Å². The molecule has 2 rings (SSSR count). The second-order valence-electron chi connectivity index (χ2n) is 3.90. The Morgan fingerprint density at radius 3 is 2.55 bits per heavy atom. The average Bonchev–Trinajstić information content (AvgIpc) is 2.75. The van der Waals surface area contributed by atoms with Crippen LogP contribution >= 0.6 is 0 Å². The molecule has 0 unspecified atom stereocenters. The first-order chi connectivity index (χ1) is 9.31. The maximum absolute atomic E-state index is 13.5. The molecule has 20 heavy (non-hydrogen) atoms. The largest absolute Gasteiger partial charge is 0.478 e. The zero-order valence-corrected chi connectivity index (χ0v) is 10.7. The zero-order chi connectivity index (χ0) is 14.9. The summed E-state index contributed by atoms with van der Waals surface area (Å²) in [6.45, 7) is 0. The van der Waals surface area contributed by atoms with Crippen molar-refractivity contribution in [1.29, 1.82) is 0 Å². The Hall–Kier alpha value is -2.22. The van der Waals surface area contributed by atoms with Crippen LogP contribution in [0.15, 0.2) is 39.8 Å². The van der Waals surface area contributed by atoms with Gasteiger partial charge in [-0.3, -0.25) is 0 Å². The molecule has 0 atom stereocenters. The minimum Gasteiger partial charge on any atom is -0.478 e. The maximum Gasteiger partial charge on any atom is 0.339 e. The van der Waals surface area contributed by atoms with Crippen LogP contribution in [0.1, 0.15) is 16.1 Å². The van der Waals surface area contributed by atoms with Gasteiger partial charge in [-0.15, -0.1) is 0 Å². The fourth-order valence-corrected chi connectivity index (χ4v) is 2.98. The van der Waals surface area contributed by atoms with Crippen LogP contribution in [0.3, 0.4) is 0 Å². The molecule has 0 aliphatic rings. The third-order valence-corrected chi connectivity index (χ3v) is 4.17. The Kier molecular flexibility index (Phi) is 3.58. The van der Waals surface area contributed by atoms with Gasteiger partial charge in [-0.25, -0.2) is 22.0 Å². The van der Waals surface area contributed by atoms with Gasteiger partial charge < -0.3 is 9.52 Å². The first kappa shape index (κ1) is 14.2. The van der Waals surface area contributed by atoms with E-state index < -0.39 is 38.1 Å². The summed E-state index contributed by atoms with van der Waals surface area (Å²) in [4.78, 5) is 10.1. The highest BCUT2D eigenvalue weighted by Gasteiger charge is 2.25. The van der Waals surface area contributed by atoms with E-state index in [0.29, 0.717) is 6.07 Å². The average molecular weight is 302 g/mol. The number of aromatic carboxylic acids is 1. The number of carboxylic acid groups (broad SMARTS) is 1. The van der Waals surface area contributed by atoms with E-state index >= 15 is 0 Å². The van der Waals surface area contributed by atoms with Gasteiger partial charge in [-0.1, -0.05) is 0 Å². The Balaban J connectivity index is 2.41. The molecule has 1 aromatic heterocycles. The summed E-state index contributed by atoms with van der Waals surface area (Å²) in [5.74, 6) is -4.66. The Morgan fingerprint density at radius 1 is 1.25 bits per heavy atom. The van der Waals surface area contributed by atoms with Gasteiger partial charge in [0.1, 0.15) is 33.6 Å². The molecule has 0 bridgehead atoms. The van der Waals surface area contributed by atoms with E-state index in [-0.39, 0.29) is 11.3 Å². The van der Waals surface area contributed by atoms with Gasteiger partial charge in [0, 0.05) is 6.07 Å². The number of carbonyl (C=O) groups is 1. The molecule has 0 radical (unpaired) electrons. The molecule has 1 heterocycles. The summed E-state index contributed by atoms with van der Waals surface area (Å²) >= 11 is 0. The summed E-state index contributed by atoms with van der Waals surface area (Å²) < 4.78 is 55.0. The summed E-state index contributed by atoms with van der Waals surface area (Å²) in [6, 6.07) is 3.11. The van der Waals surface area contributed by atoms with Gasteiger partial charge >= 0.3 is 5.97 Å². The molecule has 1 N–H and O–H groups in total. The number of carboxylic acids is 1. The van der Waals surface area contributed by atoms with Gasteiger partial charge in [0.25, 0.3) is 0 Å². The molecule has 0 aliphatic heterocycles. The molecule has 0 saturated heterocycles. The molecule has 0 aliphatic carbocycles. The predicted octanol–water partition coefficient (Wildman–Crippen LogP) is 2.23. The van der Waals surface area contributed by atoms with Gasteiger partial charge in [-0.05, 0) is 18.2 Å². The molecule has 0 amide bonds. The molecular weight excluding hydrogens is 294 g/mol. The number of halogens is 2. The summed E-state index contributed by atoms with van der Waals surface area (Å²) in [6.07, 6.45) is 1.02. The topological polar surface area (TPSA) is 84.6 Å². The Morgan fingerprint density at radius 2 is 1.95 bits per heavy atom. The minimum absolute atomic E-state index is 0.318. The first-order valence-electron chi connectivity index (χ1n) is 5.29. The van der Waals surface area contributed by atoms with E-state index in [9.17, 15) is 22.0 Å². The van der Waals surface area contributed by atoms with Crippen molar-refractivity contribution >= 4 is 15.8 Å². The fraction of sp³-hybridized carbons (Fsp3) is 0.0833. The normalized spacial score (nSPS) is 11.5. The third kappa shape index (κ3) is 2.69. The van der Waals surface area contributed by atoms with E-state index in [1.54, 1.807) is 0 Å². The number of sulfone groups is 1. The lowest BCUT2D eigenvalue weighted by molar-refractivity contribution is 0.0695. The van der Waals surface area contributed by atoms with Crippen molar-refractivity contribution in [3.63, 3.8) is 0 Å². The number of rotatable bonds is 4. The highest BCUT2D eigenvalue weighted by Crippen LogP contribution is 2.22. The van der Waals surface area contributed by atoms with E-state index in [1.807, 2.05) is 0 Å². The molecular formula is C12H8F2O5S. The van der Waals surface area contributed by atoms with Crippen molar-refractivity contribution in [2.45, 2.75) is 10.6 Å². The lowest BCUT2D eigenvalue weighted by atomic mass is 10.3. The van der Waals surface area contributed by atoms with Crippen molar-refractivity contribution in [3.8, 4) is 0 Å². The maximum atomic E-state index is 13.5. The van der Waals surface area contributed by atoms with Crippen LogP contribution in [0.4, 0.5) is 8.78 Å². The van der Waals surface area contributed by atoms with Crippen LogP contribution in [0, 0.1) is 11.6 Å². The second kappa shape index (κ2) is 5.04. The van der Waals surface area contributed by atoms with Crippen LogP contribution < -0.4 is 0 Å². The third-order valence-electron chi connectivity index (χ3n) is 2.53. The SMILES string of the molecule is O=C(O)c1ccoc1CS(=O)(=O)c1ccc(F)cc1F. The van der Waals surface area contributed by atoms with E-state index in [2.05, 4.69) is 0 Å². The van der Waals surface area contributed by atoms with Crippen molar-refractivity contribution in [3.05, 3.63) is 53.5 Å². The van der Waals surface area contributed by atoms with Gasteiger partial charge in [0.05, 0.1) is 6.26 Å². The highest BCUT2D eigenvalue weighted by molar-refractivity contribution is 7.90. The Labute approximate surface area is 112 Å². The fourth-order valence-electron chi connectivity index (χ4n) is 1.62. The van der Waals surface area contributed by atoms with Crippen LogP contribution in [-0.2, 0) is 15.6 Å². The molecule has 8 heteroatoms. The molecule has 106 valence electrons. The van der Waals surface area contributed by atoms with Crippen molar-refractivity contribution < 1.29 is 31.5 Å². The number of hydrogen-bond donors (Lipinski definition) is 1. The van der Waals surface area contributed by atoms with Crippen LogP contribution in [0.25, 0.3) is 0 Å². The van der Waals surface area contributed by atoms with E-state index in [1.165, 1.54) is 0 Å². The molecule has 5 nitrogen and oxygen atoms in total. The zero-order valence-electron chi connectivity index (χ0n) is 9.84. The predicted molar refractivity (Wildman–Crippen MR) is 62.9 cm³/mol. The van der Waals surface area contributed by atoms with E-state index in [0.717, 1.165) is 24.5 Å². The van der Waals surface area contributed by atoms with Gasteiger partial charge in [-0.2, -0.15) is 0 Å². The molecule has 0 saturated carbocycles. The van der Waals surface area contributed by atoms with Crippen LogP contribution in [0.2, 0.25) is 0 Å². The summed E-state index contributed by atoms with van der Waals surface area (Å²) in [7, 11) is -4.19.